The molecule has 1 aromatic heterocycles. The Kier molecular flexibility index (Phi) is 6.51. The summed E-state index contributed by atoms with van der Waals surface area (Å²) in [6, 6.07) is 15.5. The number of hydrogen-bond acceptors (Lipinski definition) is 6. The number of anilines is 3. The molecule has 166 valence electrons. The second kappa shape index (κ2) is 9.65. The van der Waals surface area contributed by atoms with Crippen LogP contribution in [0.5, 0.6) is 5.75 Å². The second-order valence-electron chi connectivity index (χ2n) is 7.83. The zero-order valence-corrected chi connectivity index (χ0v) is 18.7. The quantitative estimate of drug-likeness (QED) is 0.663. The van der Waals surface area contributed by atoms with Crippen LogP contribution >= 0.6 is 0 Å². The van der Waals surface area contributed by atoms with Gasteiger partial charge in [0, 0.05) is 62.6 Å². The van der Waals surface area contributed by atoms with Crippen LogP contribution < -0.4 is 15.0 Å². The van der Waals surface area contributed by atoms with Crippen LogP contribution in [0.4, 0.5) is 22.1 Å². The van der Waals surface area contributed by atoms with Crippen molar-refractivity contribution in [1.29, 1.82) is 0 Å². The number of hydrogen-bond donors (Lipinski definition) is 1. The van der Waals surface area contributed by atoms with E-state index >= 15 is 0 Å². The van der Waals surface area contributed by atoms with E-state index in [1.54, 1.807) is 31.5 Å². The van der Waals surface area contributed by atoms with Crippen molar-refractivity contribution in [1.82, 2.24) is 19.8 Å². The predicted molar refractivity (Wildman–Crippen MR) is 127 cm³/mol. The Morgan fingerprint density at radius 2 is 1.69 bits per heavy atom. The van der Waals surface area contributed by atoms with Gasteiger partial charge in [-0.3, -0.25) is 4.90 Å². The zero-order valence-electron chi connectivity index (χ0n) is 18.7. The van der Waals surface area contributed by atoms with Crippen molar-refractivity contribution in [3.8, 4) is 16.9 Å². The van der Waals surface area contributed by atoms with E-state index < -0.39 is 0 Å². The molecule has 32 heavy (non-hydrogen) atoms. The van der Waals surface area contributed by atoms with Crippen molar-refractivity contribution in [2.24, 2.45) is 0 Å². The van der Waals surface area contributed by atoms with E-state index in [9.17, 15) is 4.79 Å². The summed E-state index contributed by atoms with van der Waals surface area (Å²) in [5.74, 6) is 1.30. The SMILES string of the molecule is COc1ccc(-c2cnc(Nc3cccc(N(C)C(=O)N4CCN(C)CC4)c3)nc2)cc1. The Labute approximate surface area is 188 Å². The molecule has 0 aliphatic carbocycles. The van der Waals surface area contributed by atoms with Crippen molar-refractivity contribution >= 4 is 23.4 Å². The lowest BCUT2D eigenvalue weighted by molar-refractivity contribution is 0.160. The molecule has 1 aliphatic rings. The highest BCUT2D eigenvalue weighted by molar-refractivity contribution is 5.92. The number of methoxy groups -OCH3 is 1. The smallest absolute Gasteiger partial charge is 0.324 e. The number of piperazine rings is 1. The van der Waals surface area contributed by atoms with Crippen LogP contribution in [0.3, 0.4) is 0 Å². The van der Waals surface area contributed by atoms with Gasteiger partial charge in [-0.15, -0.1) is 0 Å². The zero-order chi connectivity index (χ0) is 22.5. The normalized spacial score (nSPS) is 14.2. The van der Waals surface area contributed by atoms with Crippen molar-refractivity contribution in [3.05, 3.63) is 60.9 Å². The molecule has 2 aromatic carbocycles. The number of nitrogens with zero attached hydrogens (tertiary/aromatic N) is 5. The predicted octanol–water partition coefficient (Wildman–Crippen LogP) is 3.70. The van der Waals surface area contributed by atoms with Crippen LogP contribution in [0.15, 0.2) is 60.9 Å². The summed E-state index contributed by atoms with van der Waals surface area (Å²) in [6.45, 7) is 3.27. The van der Waals surface area contributed by atoms with E-state index in [1.165, 1.54) is 0 Å². The first-order chi connectivity index (χ1) is 15.5. The molecule has 3 aromatic rings. The average molecular weight is 433 g/mol. The van der Waals surface area contributed by atoms with Gasteiger partial charge < -0.3 is 19.9 Å². The Morgan fingerprint density at radius 1 is 1.00 bits per heavy atom. The molecular formula is C24H28N6O2. The first kappa shape index (κ1) is 21.6. The van der Waals surface area contributed by atoms with Crippen LogP contribution in [-0.2, 0) is 0 Å². The van der Waals surface area contributed by atoms with Crippen LogP contribution in [0.25, 0.3) is 11.1 Å². The van der Waals surface area contributed by atoms with Gasteiger partial charge in [-0.1, -0.05) is 18.2 Å². The van der Waals surface area contributed by atoms with Crippen LogP contribution in [-0.4, -0.2) is 73.2 Å². The molecular weight excluding hydrogens is 404 g/mol. The molecule has 0 spiro atoms. The van der Waals surface area contributed by atoms with Gasteiger partial charge in [0.2, 0.25) is 5.95 Å². The van der Waals surface area contributed by atoms with E-state index in [2.05, 4.69) is 27.2 Å². The van der Waals surface area contributed by atoms with Gasteiger partial charge in [-0.25, -0.2) is 14.8 Å². The third-order valence-electron chi connectivity index (χ3n) is 5.63. The summed E-state index contributed by atoms with van der Waals surface area (Å²) in [5, 5.41) is 3.22. The standard InChI is InChI=1S/C24H28N6O2/c1-28-11-13-30(14-12-28)24(31)29(2)21-6-4-5-20(15-21)27-23-25-16-19(17-26-23)18-7-9-22(32-3)10-8-18/h4-10,15-17H,11-14H2,1-3H3,(H,25,26,27). The second-order valence-corrected chi connectivity index (χ2v) is 7.83. The molecule has 0 radical (unpaired) electrons. The fourth-order valence-corrected chi connectivity index (χ4v) is 3.57. The van der Waals surface area contributed by atoms with Gasteiger partial charge in [0.05, 0.1) is 7.11 Å². The van der Waals surface area contributed by atoms with Crippen molar-refractivity contribution in [2.75, 3.05) is 57.6 Å². The van der Waals surface area contributed by atoms with E-state index in [0.29, 0.717) is 5.95 Å². The maximum Gasteiger partial charge on any atom is 0.324 e. The van der Waals surface area contributed by atoms with Gasteiger partial charge in [-0.05, 0) is 42.9 Å². The summed E-state index contributed by atoms with van der Waals surface area (Å²) in [7, 11) is 5.53. The molecule has 1 N–H and O–H groups in total. The summed E-state index contributed by atoms with van der Waals surface area (Å²) in [6.07, 6.45) is 3.56. The van der Waals surface area contributed by atoms with Gasteiger partial charge in [0.1, 0.15) is 5.75 Å². The highest BCUT2D eigenvalue weighted by Crippen LogP contribution is 2.24. The summed E-state index contributed by atoms with van der Waals surface area (Å²) in [4.78, 5) is 27.5. The van der Waals surface area contributed by atoms with Crippen LogP contribution in [0.2, 0.25) is 0 Å². The number of carbonyl (C=O) groups is 1. The minimum Gasteiger partial charge on any atom is -0.497 e. The minimum atomic E-state index is 0.00958. The van der Waals surface area contributed by atoms with E-state index in [0.717, 1.165) is 54.4 Å². The number of carbonyl (C=O) groups excluding carboxylic acids is 1. The molecule has 0 saturated carbocycles. The molecule has 8 nitrogen and oxygen atoms in total. The summed E-state index contributed by atoms with van der Waals surface area (Å²) >= 11 is 0. The fourth-order valence-electron chi connectivity index (χ4n) is 3.57. The molecule has 1 saturated heterocycles. The number of likely N-dealkylation sites (N-methyl/N-ethyl adjacent to an activating group) is 1. The maximum atomic E-state index is 12.9. The molecule has 2 heterocycles. The number of benzene rings is 2. The molecule has 0 atom stereocenters. The third-order valence-corrected chi connectivity index (χ3v) is 5.63. The average Bonchev–Trinajstić information content (AvgIpc) is 2.84. The van der Waals surface area contributed by atoms with Crippen LogP contribution in [0.1, 0.15) is 0 Å². The van der Waals surface area contributed by atoms with Crippen molar-refractivity contribution in [3.63, 3.8) is 0 Å². The third kappa shape index (κ3) is 4.97. The summed E-state index contributed by atoms with van der Waals surface area (Å²) < 4.78 is 5.20. The molecule has 1 fully saturated rings. The number of ether oxygens (including phenoxy) is 1. The van der Waals surface area contributed by atoms with Gasteiger partial charge in [-0.2, -0.15) is 0 Å². The first-order valence-corrected chi connectivity index (χ1v) is 10.6. The lowest BCUT2D eigenvalue weighted by Gasteiger charge is -2.35. The molecule has 0 unspecified atom stereocenters. The molecule has 2 amide bonds. The largest absolute Gasteiger partial charge is 0.497 e. The number of rotatable bonds is 5. The maximum absolute atomic E-state index is 12.9. The Hall–Kier alpha value is -3.65. The monoisotopic (exact) mass is 432 g/mol. The number of urea groups is 1. The van der Waals surface area contributed by atoms with Crippen molar-refractivity contribution in [2.45, 2.75) is 0 Å². The number of nitrogens with one attached hydrogen (secondary N) is 1. The lowest BCUT2D eigenvalue weighted by atomic mass is 10.1. The van der Waals surface area contributed by atoms with Crippen molar-refractivity contribution < 1.29 is 9.53 Å². The van der Waals surface area contributed by atoms with Gasteiger partial charge >= 0.3 is 6.03 Å². The highest BCUT2D eigenvalue weighted by Gasteiger charge is 2.22. The fraction of sp³-hybridized carbons (Fsp3) is 0.292. The number of amides is 2. The molecule has 0 bridgehead atoms. The van der Waals surface area contributed by atoms with Crippen LogP contribution in [0, 0.1) is 0 Å². The molecule has 8 heteroatoms. The van der Waals surface area contributed by atoms with Gasteiger partial charge in [0.15, 0.2) is 0 Å². The Morgan fingerprint density at radius 3 is 2.34 bits per heavy atom. The van der Waals surface area contributed by atoms with Gasteiger partial charge in [0.25, 0.3) is 0 Å². The summed E-state index contributed by atoms with van der Waals surface area (Å²) in [5.41, 5.74) is 3.57. The number of aromatic nitrogens is 2. The Bertz CT molecular complexity index is 1050. The van der Waals surface area contributed by atoms with E-state index in [4.69, 9.17) is 4.74 Å². The Balaban J connectivity index is 1.42. The first-order valence-electron chi connectivity index (χ1n) is 10.6. The van der Waals surface area contributed by atoms with E-state index in [1.807, 2.05) is 53.4 Å². The minimum absolute atomic E-state index is 0.00958. The molecule has 4 rings (SSSR count). The van der Waals surface area contributed by atoms with E-state index in [-0.39, 0.29) is 6.03 Å². The topological polar surface area (TPSA) is 73.8 Å². The highest BCUT2D eigenvalue weighted by atomic mass is 16.5. The molecule has 1 aliphatic heterocycles. The lowest BCUT2D eigenvalue weighted by Crippen LogP contribution is -2.51.